The average Bonchev–Trinajstić information content (AvgIpc) is 3.24. The van der Waals surface area contributed by atoms with Gasteiger partial charge in [-0.1, -0.05) is 12.1 Å². The van der Waals surface area contributed by atoms with Crippen LogP contribution in [-0.2, 0) is 0 Å². The minimum absolute atomic E-state index is 0.0669. The summed E-state index contributed by atoms with van der Waals surface area (Å²) in [4.78, 5) is 12.3. The van der Waals surface area contributed by atoms with Gasteiger partial charge in [0.15, 0.2) is 0 Å². The number of hydrogen-bond acceptors (Lipinski definition) is 4. The molecule has 23 heavy (non-hydrogen) atoms. The molecule has 3 aromatic rings. The van der Waals surface area contributed by atoms with Crippen molar-refractivity contribution in [1.82, 2.24) is 15.5 Å². The number of halogens is 1. The first-order chi connectivity index (χ1) is 11.2. The highest BCUT2D eigenvalue weighted by molar-refractivity contribution is 7.07. The molecule has 3 rings (SSSR count). The highest BCUT2D eigenvalue weighted by Gasteiger charge is 2.18. The quantitative estimate of drug-likeness (QED) is 0.673. The number of carbonyl (C=O) groups excluding carboxylic acids is 1. The Morgan fingerprint density at radius 3 is 2.96 bits per heavy atom. The number of hydrogen-bond donors (Lipinski definition) is 3. The lowest BCUT2D eigenvalue weighted by molar-refractivity contribution is 0.0917. The molecule has 1 unspecified atom stereocenters. The van der Waals surface area contributed by atoms with E-state index in [1.165, 1.54) is 23.6 Å². The van der Waals surface area contributed by atoms with Crippen molar-refractivity contribution in [1.29, 1.82) is 0 Å². The smallest absolute Gasteiger partial charge is 0.255 e. The number of amides is 1. The number of thiophene rings is 1. The summed E-state index contributed by atoms with van der Waals surface area (Å²) in [6, 6.07) is 7.94. The minimum atomic E-state index is -0.783. The Bertz CT molecular complexity index is 801. The maximum Gasteiger partial charge on any atom is 0.255 e. The molecular formula is C16H14FN3O2S. The zero-order valence-corrected chi connectivity index (χ0v) is 12.8. The fourth-order valence-electron chi connectivity index (χ4n) is 2.19. The Hall–Kier alpha value is -2.51. The molecule has 1 amide bonds. The molecule has 3 N–H and O–H groups in total. The minimum Gasteiger partial charge on any atom is -0.387 e. The molecule has 0 bridgehead atoms. The van der Waals surface area contributed by atoms with Crippen molar-refractivity contribution < 1.29 is 14.3 Å². The fourth-order valence-corrected chi connectivity index (χ4v) is 2.90. The van der Waals surface area contributed by atoms with Gasteiger partial charge in [-0.25, -0.2) is 4.39 Å². The number of H-pyrrole nitrogens is 1. The van der Waals surface area contributed by atoms with E-state index in [2.05, 4.69) is 15.5 Å². The first-order valence-electron chi connectivity index (χ1n) is 6.93. The topological polar surface area (TPSA) is 78.0 Å². The summed E-state index contributed by atoms with van der Waals surface area (Å²) in [5.74, 6) is -0.865. The van der Waals surface area contributed by atoms with E-state index in [0.29, 0.717) is 5.69 Å². The van der Waals surface area contributed by atoms with Gasteiger partial charge < -0.3 is 10.4 Å². The number of benzene rings is 1. The molecule has 0 saturated carbocycles. The Kier molecular flexibility index (Phi) is 4.50. The predicted molar refractivity (Wildman–Crippen MR) is 85.6 cm³/mol. The molecule has 2 heterocycles. The summed E-state index contributed by atoms with van der Waals surface area (Å²) in [6.45, 7) is 0.0669. The van der Waals surface area contributed by atoms with Crippen molar-refractivity contribution in [3.8, 4) is 11.3 Å². The van der Waals surface area contributed by atoms with E-state index in [0.717, 1.165) is 5.56 Å². The highest BCUT2D eigenvalue weighted by atomic mass is 32.1. The molecule has 0 radical (unpaired) electrons. The summed E-state index contributed by atoms with van der Waals surface area (Å²) < 4.78 is 13.9. The molecule has 0 aliphatic rings. The number of nitrogens with one attached hydrogen (secondary N) is 2. The maximum atomic E-state index is 13.9. The van der Waals surface area contributed by atoms with Crippen molar-refractivity contribution in [2.24, 2.45) is 0 Å². The number of aliphatic hydroxyl groups excluding tert-OH is 1. The van der Waals surface area contributed by atoms with Gasteiger partial charge in [0.25, 0.3) is 5.91 Å². The zero-order valence-electron chi connectivity index (χ0n) is 12.0. The third-order valence-electron chi connectivity index (χ3n) is 3.41. The number of aromatic nitrogens is 2. The van der Waals surface area contributed by atoms with Crippen LogP contribution in [0.5, 0.6) is 0 Å². The third-order valence-corrected chi connectivity index (χ3v) is 4.11. The average molecular weight is 331 g/mol. The van der Waals surface area contributed by atoms with Gasteiger partial charge in [-0.2, -0.15) is 16.4 Å². The number of aromatic amines is 1. The summed E-state index contributed by atoms with van der Waals surface area (Å²) in [7, 11) is 0. The highest BCUT2D eigenvalue weighted by Crippen LogP contribution is 2.24. The van der Waals surface area contributed by atoms with E-state index in [4.69, 9.17) is 0 Å². The lowest BCUT2D eigenvalue weighted by Gasteiger charge is -2.11. The van der Waals surface area contributed by atoms with Crippen molar-refractivity contribution in [2.75, 3.05) is 6.54 Å². The molecule has 118 valence electrons. The van der Waals surface area contributed by atoms with Crippen LogP contribution >= 0.6 is 11.3 Å². The predicted octanol–water partition coefficient (Wildman–Crippen LogP) is 2.74. The standard InChI is InChI=1S/C16H14FN3O2S/c17-13-4-2-1-3-11(13)15-12(7-19-20-15)16(22)18-8-14(21)10-5-6-23-9-10/h1-7,9,14,21H,8H2,(H,18,22)(H,19,20). The Labute approximate surface area is 135 Å². The van der Waals surface area contributed by atoms with Crippen molar-refractivity contribution in [3.05, 3.63) is 64.2 Å². The SMILES string of the molecule is O=C(NCC(O)c1ccsc1)c1cn[nH]c1-c1ccccc1F. The molecule has 0 fully saturated rings. The molecule has 0 saturated heterocycles. The first kappa shape index (κ1) is 15.4. The van der Waals surface area contributed by atoms with Gasteiger partial charge in [-0.15, -0.1) is 0 Å². The molecule has 5 nitrogen and oxygen atoms in total. The van der Waals surface area contributed by atoms with E-state index in [1.807, 2.05) is 10.8 Å². The van der Waals surface area contributed by atoms with E-state index in [-0.39, 0.29) is 17.7 Å². The summed E-state index contributed by atoms with van der Waals surface area (Å²) in [5.41, 5.74) is 1.56. The van der Waals surface area contributed by atoms with Crippen molar-refractivity contribution in [2.45, 2.75) is 6.10 Å². The van der Waals surface area contributed by atoms with Crippen LogP contribution in [0.1, 0.15) is 22.0 Å². The molecule has 0 aliphatic carbocycles. The molecule has 2 aromatic heterocycles. The zero-order chi connectivity index (χ0) is 16.2. The lowest BCUT2D eigenvalue weighted by Crippen LogP contribution is -2.28. The second kappa shape index (κ2) is 6.72. The number of aliphatic hydroxyl groups is 1. The normalized spacial score (nSPS) is 12.1. The van der Waals surface area contributed by atoms with Crippen LogP contribution in [0.4, 0.5) is 4.39 Å². The lowest BCUT2D eigenvalue weighted by atomic mass is 10.1. The molecule has 0 spiro atoms. The van der Waals surface area contributed by atoms with Gasteiger partial charge in [0.05, 0.1) is 23.6 Å². The van der Waals surface area contributed by atoms with E-state index in [9.17, 15) is 14.3 Å². The van der Waals surface area contributed by atoms with Gasteiger partial charge in [0, 0.05) is 12.1 Å². The second-order valence-electron chi connectivity index (χ2n) is 4.92. The van der Waals surface area contributed by atoms with E-state index in [1.54, 1.807) is 24.3 Å². The van der Waals surface area contributed by atoms with Crippen LogP contribution in [-0.4, -0.2) is 27.8 Å². The number of nitrogens with zero attached hydrogens (tertiary/aromatic N) is 1. The monoisotopic (exact) mass is 331 g/mol. The van der Waals surface area contributed by atoms with Gasteiger partial charge in [-0.05, 0) is 34.5 Å². The largest absolute Gasteiger partial charge is 0.387 e. The van der Waals surface area contributed by atoms with Crippen LogP contribution < -0.4 is 5.32 Å². The van der Waals surface area contributed by atoms with Crippen molar-refractivity contribution >= 4 is 17.2 Å². The van der Waals surface area contributed by atoms with Crippen LogP contribution in [0, 0.1) is 5.82 Å². The van der Waals surface area contributed by atoms with Gasteiger partial charge in [0.2, 0.25) is 0 Å². The molecular weight excluding hydrogens is 317 g/mol. The molecule has 1 atom stereocenters. The fraction of sp³-hybridized carbons (Fsp3) is 0.125. The number of carbonyl (C=O) groups is 1. The van der Waals surface area contributed by atoms with Crippen molar-refractivity contribution in [3.63, 3.8) is 0 Å². The van der Waals surface area contributed by atoms with Crippen LogP contribution in [0.2, 0.25) is 0 Å². The molecule has 1 aromatic carbocycles. The van der Waals surface area contributed by atoms with Gasteiger partial charge >= 0.3 is 0 Å². The maximum absolute atomic E-state index is 13.9. The first-order valence-corrected chi connectivity index (χ1v) is 7.87. The summed E-state index contributed by atoms with van der Waals surface area (Å²) in [5, 5.41) is 22.8. The summed E-state index contributed by atoms with van der Waals surface area (Å²) >= 11 is 1.47. The second-order valence-corrected chi connectivity index (χ2v) is 5.70. The molecule has 0 aliphatic heterocycles. The van der Waals surface area contributed by atoms with Crippen LogP contribution in [0.25, 0.3) is 11.3 Å². The summed E-state index contributed by atoms with van der Waals surface area (Å²) in [6.07, 6.45) is 0.558. The third kappa shape index (κ3) is 3.30. The Balaban J connectivity index is 1.74. The molecule has 7 heteroatoms. The van der Waals surface area contributed by atoms with Crippen LogP contribution in [0.3, 0.4) is 0 Å². The van der Waals surface area contributed by atoms with Crippen LogP contribution in [0.15, 0.2) is 47.3 Å². The van der Waals surface area contributed by atoms with E-state index >= 15 is 0 Å². The van der Waals surface area contributed by atoms with Gasteiger partial charge in [-0.3, -0.25) is 9.89 Å². The van der Waals surface area contributed by atoms with Gasteiger partial charge in [0.1, 0.15) is 5.82 Å². The Morgan fingerprint density at radius 2 is 2.22 bits per heavy atom. The Morgan fingerprint density at radius 1 is 1.39 bits per heavy atom. The number of rotatable bonds is 5. The van der Waals surface area contributed by atoms with E-state index < -0.39 is 17.8 Å².